The van der Waals surface area contributed by atoms with Crippen LogP contribution in [0.3, 0.4) is 0 Å². The van der Waals surface area contributed by atoms with Gasteiger partial charge in [-0.2, -0.15) is 0 Å². The number of carbonyl (C=O) groups is 2. The molecule has 0 saturated heterocycles. The highest BCUT2D eigenvalue weighted by Crippen LogP contribution is 2.23. The van der Waals surface area contributed by atoms with E-state index in [1.807, 2.05) is 24.3 Å². The topological polar surface area (TPSA) is 61.4 Å². The molecular formula is C18H27N3O2. The van der Waals surface area contributed by atoms with Crippen LogP contribution in [0.5, 0.6) is 0 Å². The van der Waals surface area contributed by atoms with Crippen LogP contribution in [0.1, 0.15) is 38.2 Å². The summed E-state index contributed by atoms with van der Waals surface area (Å²) in [6, 6.07) is 7.55. The number of amides is 3. The van der Waals surface area contributed by atoms with Crippen molar-refractivity contribution in [2.45, 2.75) is 45.1 Å². The summed E-state index contributed by atoms with van der Waals surface area (Å²) in [5.41, 5.74) is 1.68. The van der Waals surface area contributed by atoms with Crippen molar-refractivity contribution in [1.29, 1.82) is 0 Å². The summed E-state index contributed by atoms with van der Waals surface area (Å²) < 4.78 is 0. The molecule has 3 amide bonds. The number of likely N-dealkylation sites (N-methyl/N-ethyl adjacent to an activating group) is 1. The number of urea groups is 1. The first kappa shape index (κ1) is 17.3. The van der Waals surface area contributed by atoms with Gasteiger partial charge in [-0.05, 0) is 49.3 Å². The molecule has 0 radical (unpaired) electrons. The van der Waals surface area contributed by atoms with Crippen molar-refractivity contribution in [2.24, 2.45) is 5.92 Å². The highest BCUT2D eigenvalue weighted by molar-refractivity contribution is 5.89. The summed E-state index contributed by atoms with van der Waals surface area (Å²) in [6.45, 7) is 2.26. The monoisotopic (exact) mass is 317 g/mol. The van der Waals surface area contributed by atoms with Gasteiger partial charge in [0.2, 0.25) is 5.91 Å². The maximum atomic E-state index is 12.0. The van der Waals surface area contributed by atoms with Crippen molar-refractivity contribution in [3.05, 3.63) is 29.8 Å². The van der Waals surface area contributed by atoms with Crippen LogP contribution < -0.4 is 10.6 Å². The van der Waals surface area contributed by atoms with Crippen LogP contribution in [0.15, 0.2) is 24.3 Å². The Labute approximate surface area is 138 Å². The second-order valence-corrected chi connectivity index (χ2v) is 6.72. The van der Waals surface area contributed by atoms with Crippen LogP contribution >= 0.6 is 0 Å². The average Bonchev–Trinajstić information content (AvgIpc) is 2.51. The third kappa shape index (κ3) is 5.58. The Hall–Kier alpha value is -2.04. The van der Waals surface area contributed by atoms with Gasteiger partial charge in [-0.3, -0.25) is 4.79 Å². The Morgan fingerprint density at radius 3 is 2.26 bits per heavy atom. The predicted molar refractivity (Wildman–Crippen MR) is 92.4 cm³/mol. The highest BCUT2D eigenvalue weighted by Gasteiger charge is 2.19. The van der Waals surface area contributed by atoms with Crippen LogP contribution in [-0.2, 0) is 11.2 Å². The molecule has 23 heavy (non-hydrogen) atoms. The maximum Gasteiger partial charge on any atom is 0.319 e. The van der Waals surface area contributed by atoms with Gasteiger partial charge >= 0.3 is 6.03 Å². The molecule has 1 saturated carbocycles. The van der Waals surface area contributed by atoms with Crippen LogP contribution in [0.4, 0.5) is 10.5 Å². The lowest BCUT2D eigenvalue weighted by Gasteiger charge is -2.26. The molecule has 2 rings (SSSR count). The lowest BCUT2D eigenvalue weighted by Crippen LogP contribution is -2.39. The number of anilines is 1. The molecule has 1 aliphatic carbocycles. The number of carbonyl (C=O) groups excluding carboxylic acids is 2. The van der Waals surface area contributed by atoms with Gasteiger partial charge in [0.25, 0.3) is 0 Å². The Morgan fingerprint density at radius 2 is 1.70 bits per heavy atom. The lowest BCUT2D eigenvalue weighted by molar-refractivity contribution is -0.127. The van der Waals surface area contributed by atoms with Gasteiger partial charge in [0, 0.05) is 25.8 Å². The Kier molecular flexibility index (Phi) is 6.02. The van der Waals surface area contributed by atoms with Crippen LogP contribution in [0.25, 0.3) is 0 Å². The minimum Gasteiger partial charge on any atom is -0.349 e. The smallest absolute Gasteiger partial charge is 0.319 e. The standard InChI is InChI=1S/C18H27N3O2/c1-13-4-8-15(9-5-13)19-18(23)20-16-10-6-14(7-11-16)12-17(22)21(2)3/h6-7,10-11,13,15H,4-5,8-9,12H2,1-3H3,(H2,19,20,23). The van der Waals surface area contributed by atoms with E-state index in [0.717, 1.165) is 30.0 Å². The molecule has 0 aromatic heterocycles. The normalized spacial score (nSPS) is 20.7. The molecule has 0 aliphatic heterocycles. The van der Waals surface area contributed by atoms with E-state index in [1.54, 1.807) is 19.0 Å². The van der Waals surface area contributed by atoms with Gasteiger partial charge in [0.1, 0.15) is 0 Å². The van der Waals surface area contributed by atoms with E-state index in [9.17, 15) is 9.59 Å². The van der Waals surface area contributed by atoms with Crippen molar-refractivity contribution in [1.82, 2.24) is 10.2 Å². The zero-order valence-electron chi connectivity index (χ0n) is 14.3. The van der Waals surface area contributed by atoms with E-state index in [4.69, 9.17) is 0 Å². The summed E-state index contributed by atoms with van der Waals surface area (Å²) in [6.07, 6.45) is 4.85. The van der Waals surface area contributed by atoms with Crippen molar-refractivity contribution >= 4 is 17.6 Å². The first-order valence-corrected chi connectivity index (χ1v) is 8.30. The quantitative estimate of drug-likeness (QED) is 0.896. The molecule has 126 valence electrons. The maximum absolute atomic E-state index is 12.0. The fraction of sp³-hybridized carbons (Fsp3) is 0.556. The number of rotatable bonds is 4. The first-order valence-electron chi connectivity index (χ1n) is 8.30. The molecule has 0 bridgehead atoms. The van der Waals surface area contributed by atoms with E-state index in [1.165, 1.54) is 12.8 Å². The van der Waals surface area contributed by atoms with E-state index in [-0.39, 0.29) is 18.0 Å². The minimum absolute atomic E-state index is 0.0648. The molecule has 0 heterocycles. The van der Waals surface area contributed by atoms with E-state index in [2.05, 4.69) is 17.6 Å². The molecule has 1 aromatic carbocycles. The molecule has 5 heteroatoms. The Balaban J connectivity index is 1.81. The largest absolute Gasteiger partial charge is 0.349 e. The number of hydrogen-bond acceptors (Lipinski definition) is 2. The van der Waals surface area contributed by atoms with Crippen LogP contribution in [0, 0.1) is 5.92 Å². The second-order valence-electron chi connectivity index (χ2n) is 6.72. The molecular weight excluding hydrogens is 290 g/mol. The molecule has 1 aromatic rings. The van der Waals surface area contributed by atoms with E-state index >= 15 is 0 Å². The Bertz CT molecular complexity index is 532. The summed E-state index contributed by atoms with van der Waals surface area (Å²) in [7, 11) is 3.49. The van der Waals surface area contributed by atoms with Crippen LogP contribution in [0.2, 0.25) is 0 Å². The zero-order chi connectivity index (χ0) is 16.8. The van der Waals surface area contributed by atoms with Gasteiger partial charge in [0.15, 0.2) is 0 Å². The van der Waals surface area contributed by atoms with E-state index in [0.29, 0.717) is 6.42 Å². The Morgan fingerprint density at radius 1 is 1.09 bits per heavy atom. The van der Waals surface area contributed by atoms with Gasteiger partial charge in [0.05, 0.1) is 6.42 Å². The zero-order valence-corrected chi connectivity index (χ0v) is 14.3. The lowest BCUT2D eigenvalue weighted by atomic mass is 9.87. The molecule has 0 unspecified atom stereocenters. The van der Waals surface area contributed by atoms with Crippen molar-refractivity contribution in [3.8, 4) is 0 Å². The molecule has 0 spiro atoms. The average molecular weight is 317 g/mol. The van der Waals surface area contributed by atoms with Gasteiger partial charge in [-0.15, -0.1) is 0 Å². The van der Waals surface area contributed by atoms with Crippen molar-refractivity contribution in [3.63, 3.8) is 0 Å². The summed E-state index contributed by atoms with van der Waals surface area (Å²) >= 11 is 0. The number of hydrogen-bond donors (Lipinski definition) is 2. The second kappa shape index (κ2) is 7.99. The fourth-order valence-corrected chi connectivity index (χ4v) is 2.80. The molecule has 5 nitrogen and oxygen atoms in total. The van der Waals surface area contributed by atoms with E-state index < -0.39 is 0 Å². The molecule has 0 atom stereocenters. The van der Waals surface area contributed by atoms with Gasteiger partial charge in [-0.1, -0.05) is 19.1 Å². The third-order valence-corrected chi connectivity index (χ3v) is 4.42. The molecule has 2 N–H and O–H groups in total. The van der Waals surface area contributed by atoms with Gasteiger partial charge < -0.3 is 15.5 Å². The fourth-order valence-electron chi connectivity index (χ4n) is 2.80. The summed E-state index contributed by atoms with van der Waals surface area (Å²) in [4.78, 5) is 25.3. The van der Waals surface area contributed by atoms with Gasteiger partial charge in [-0.25, -0.2) is 4.79 Å². The van der Waals surface area contributed by atoms with Crippen molar-refractivity contribution in [2.75, 3.05) is 19.4 Å². The van der Waals surface area contributed by atoms with Crippen molar-refractivity contribution < 1.29 is 9.59 Å². The number of nitrogens with one attached hydrogen (secondary N) is 2. The summed E-state index contributed by atoms with van der Waals surface area (Å²) in [5, 5.41) is 5.90. The number of nitrogens with zero attached hydrogens (tertiary/aromatic N) is 1. The highest BCUT2D eigenvalue weighted by atomic mass is 16.2. The predicted octanol–water partition coefficient (Wildman–Crippen LogP) is 3.02. The van der Waals surface area contributed by atoms with Crippen LogP contribution in [-0.4, -0.2) is 37.0 Å². The molecule has 1 fully saturated rings. The molecule has 1 aliphatic rings. The first-order chi connectivity index (χ1) is 10.9. The number of benzene rings is 1. The third-order valence-electron chi connectivity index (χ3n) is 4.42. The summed E-state index contributed by atoms with van der Waals surface area (Å²) in [5.74, 6) is 0.837. The minimum atomic E-state index is -0.151. The SMILES string of the molecule is CC1CCC(NC(=O)Nc2ccc(CC(=O)N(C)C)cc2)CC1.